The Morgan fingerprint density at radius 2 is 1.77 bits per heavy atom. The third-order valence-electron chi connectivity index (χ3n) is 0.814. The van der Waals surface area contributed by atoms with Gasteiger partial charge in [-0.25, -0.2) is 0 Å². The molecule has 1 nitrogen and oxygen atoms in total. The Morgan fingerprint density at radius 3 is 1.92 bits per heavy atom. The first-order valence-corrected chi connectivity index (χ1v) is 3.88. The van der Waals surface area contributed by atoms with Gasteiger partial charge >= 0.3 is 0 Å². The topological polar surface area (TPSA) is 12.4 Å². The number of nitrogens with zero attached hydrogens (tertiary/aromatic N) is 1. The van der Waals surface area contributed by atoms with Crippen LogP contribution in [0, 0.1) is 0 Å². The molecular formula is C12H17N. The molecule has 0 radical (unpaired) electrons. The average molecular weight is 175 g/mol. The first kappa shape index (κ1) is 13.9. The fraction of sp³-hybridized carbons (Fsp3) is 0.0833. The number of hydrogen-bond acceptors (Lipinski definition) is 1. The lowest BCUT2D eigenvalue weighted by Gasteiger charge is -1.77. The van der Waals surface area contributed by atoms with Crippen molar-refractivity contribution < 1.29 is 0 Å². The van der Waals surface area contributed by atoms with Gasteiger partial charge in [-0.05, 0) is 6.92 Å². The minimum Gasteiger partial charge on any atom is -0.265 e. The zero-order valence-electron chi connectivity index (χ0n) is 8.24. The number of rotatable bonds is 4. The van der Waals surface area contributed by atoms with Gasteiger partial charge in [0.1, 0.15) is 0 Å². The van der Waals surface area contributed by atoms with E-state index in [9.17, 15) is 0 Å². The molecule has 0 rings (SSSR count). The van der Waals surface area contributed by atoms with Gasteiger partial charge in [-0.2, -0.15) is 0 Å². The highest BCUT2D eigenvalue weighted by Gasteiger charge is 1.65. The minimum absolute atomic E-state index is 1.06. The van der Waals surface area contributed by atoms with Crippen molar-refractivity contribution in [3.8, 4) is 0 Å². The lowest BCUT2D eigenvalue weighted by atomic mass is 10.3. The van der Waals surface area contributed by atoms with E-state index in [0.29, 0.717) is 0 Å². The van der Waals surface area contributed by atoms with Crippen molar-refractivity contribution in [3.63, 3.8) is 0 Å². The number of aliphatic imine (C=N–C) groups is 1. The van der Waals surface area contributed by atoms with E-state index in [0.717, 1.165) is 5.57 Å². The van der Waals surface area contributed by atoms with E-state index in [1.165, 1.54) is 6.20 Å². The van der Waals surface area contributed by atoms with Crippen LogP contribution in [0.2, 0.25) is 0 Å². The Morgan fingerprint density at radius 1 is 1.15 bits per heavy atom. The monoisotopic (exact) mass is 175 g/mol. The fourth-order valence-corrected chi connectivity index (χ4v) is 0.354. The van der Waals surface area contributed by atoms with Gasteiger partial charge in [-0.1, -0.05) is 56.2 Å². The van der Waals surface area contributed by atoms with Gasteiger partial charge < -0.3 is 0 Å². The third kappa shape index (κ3) is 25.2. The molecule has 0 aliphatic carbocycles. The Labute approximate surface area is 81.2 Å². The molecule has 70 valence electrons. The van der Waals surface area contributed by atoms with E-state index >= 15 is 0 Å². The van der Waals surface area contributed by atoms with Crippen molar-refractivity contribution in [2.75, 3.05) is 0 Å². The second kappa shape index (κ2) is 13.0. The molecule has 0 bridgehead atoms. The molecule has 0 N–H and O–H groups in total. The summed E-state index contributed by atoms with van der Waals surface area (Å²) >= 11 is 0. The largest absolute Gasteiger partial charge is 0.265 e. The molecule has 0 aromatic rings. The summed E-state index contributed by atoms with van der Waals surface area (Å²) in [5, 5.41) is 0. The van der Waals surface area contributed by atoms with Gasteiger partial charge in [-0.3, -0.25) is 4.99 Å². The van der Waals surface area contributed by atoms with Crippen molar-refractivity contribution >= 4 is 6.21 Å². The van der Waals surface area contributed by atoms with Crippen LogP contribution in [0.1, 0.15) is 6.92 Å². The van der Waals surface area contributed by atoms with E-state index in [4.69, 9.17) is 0 Å². The molecule has 0 aliphatic heterocycles. The molecule has 0 amide bonds. The predicted octanol–water partition coefficient (Wildman–Crippen LogP) is 3.69. The molecule has 1 heteroatoms. The molecule has 0 spiro atoms. The van der Waals surface area contributed by atoms with Gasteiger partial charge in [0, 0.05) is 12.4 Å². The number of hydrogen-bond donors (Lipinski definition) is 0. The third-order valence-corrected chi connectivity index (χ3v) is 0.814. The molecule has 0 aromatic heterocycles. The smallest absolute Gasteiger partial charge is 0.0261 e. The lowest BCUT2D eigenvalue weighted by Crippen LogP contribution is -1.55. The van der Waals surface area contributed by atoms with E-state index in [2.05, 4.69) is 31.3 Å². The highest BCUT2D eigenvalue weighted by atomic mass is 14.6. The summed E-state index contributed by atoms with van der Waals surface area (Å²) < 4.78 is 0. The first-order valence-electron chi connectivity index (χ1n) is 3.88. The molecular weight excluding hydrogens is 158 g/mol. The Bertz CT molecular complexity index is 209. The van der Waals surface area contributed by atoms with Crippen LogP contribution in [-0.2, 0) is 0 Å². The maximum Gasteiger partial charge on any atom is 0.0261 e. The first-order chi connectivity index (χ1) is 6.18. The zero-order chi connectivity index (χ0) is 10.5. The van der Waals surface area contributed by atoms with E-state index in [1.54, 1.807) is 18.4 Å². The summed E-state index contributed by atoms with van der Waals surface area (Å²) in [5.41, 5.74) is 1.06. The summed E-state index contributed by atoms with van der Waals surface area (Å²) in [7, 11) is 0. The Hall–Kier alpha value is -1.63. The van der Waals surface area contributed by atoms with Crippen LogP contribution >= 0.6 is 0 Å². The van der Waals surface area contributed by atoms with Crippen LogP contribution in [0.5, 0.6) is 0 Å². The molecule has 0 aromatic carbocycles. The average Bonchev–Trinajstić information content (AvgIpc) is 2.12. The van der Waals surface area contributed by atoms with Crippen molar-refractivity contribution in [2.45, 2.75) is 6.92 Å². The molecule has 0 saturated carbocycles. The fourth-order valence-electron chi connectivity index (χ4n) is 0.354. The minimum atomic E-state index is 1.06. The van der Waals surface area contributed by atoms with Gasteiger partial charge in [0.05, 0.1) is 0 Å². The molecule has 0 fully saturated rings. The van der Waals surface area contributed by atoms with E-state index in [-0.39, 0.29) is 0 Å². The lowest BCUT2D eigenvalue weighted by molar-refractivity contribution is 1.56. The number of allylic oxidation sites excluding steroid dienone is 5. The Kier molecular flexibility index (Phi) is 13.9. The van der Waals surface area contributed by atoms with Crippen LogP contribution in [-0.4, -0.2) is 6.21 Å². The van der Waals surface area contributed by atoms with Gasteiger partial charge in [0.25, 0.3) is 0 Å². The van der Waals surface area contributed by atoms with Gasteiger partial charge in [0.15, 0.2) is 0 Å². The molecule has 0 atom stereocenters. The highest BCUT2D eigenvalue weighted by molar-refractivity contribution is 5.70. The second-order valence-corrected chi connectivity index (χ2v) is 2.16. The summed E-state index contributed by atoms with van der Waals surface area (Å²) in [6.07, 6.45) is 10.1. The van der Waals surface area contributed by atoms with Crippen LogP contribution in [0.25, 0.3) is 0 Å². The zero-order valence-corrected chi connectivity index (χ0v) is 8.24. The molecule has 0 heterocycles. The summed E-state index contributed by atoms with van der Waals surface area (Å²) in [6.45, 7) is 15.9. The normalized spacial score (nSPS) is 9.00. The SMILES string of the molecule is C=C/C=C\C(=C)C.C=CC=NC=C. The summed E-state index contributed by atoms with van der Waals surface area (Å²) in [5.74, 6) is 0. The summed E-state index contributed by atoms with van der Waals surface area (Å²) in [4.78, 5) is 3.61. The second-order valence-electron chi connectivity index (χ2n) is 2.16. The maximum absolute atomic E-state index is 3.66. The van der Waals surface area contributed by atoms with Crippen LogP contribution in [0.15, 0.2) is 67.4 Å². The van der Waals surface area contributed by atoms with Crippen LogP contribution in [0.4, 0.5) is 0 Å². The van der Waals surface area contributed by atoms with Crippen LogP contribution < -0.4 is 0 Å². The predicted molar refractivity (Wildman–Crippen MR) is 63.0 cm³/mol. The van der Waals surface area contributed by atoms with Crippen molar-refractivity contribution in [1.29, 1.82) is 0 Å². The summed E-state index contributed by atoms with van der Waals surface area (Å²) in [6, 6.07) is 0. The molecule has 13 heavy (non-hydrogen) atoms. The van der Waals surface area contributed by atoms with Crippen molar-refractivity contribution in [1.82, 2.24) is 0 Å². The van der Waals surface area contributed by atoms with Gasteiger partial charge in [-0.15, -0.1) is 0 Å². The molecule has 0 aliphatic rings. The van der Waals surface area contributed by atoms with Crippen LogP contribution in [0.3, 0.4) is 0 Å². The van der Waals surface area contributed by atoms with Crippen molar-refractivity contribution in [3.05, 3.63) is 62.4 Å². The molecule has 0 unspecified atom stereocenters. The van der Waals surface area contributed by atoms with Gasteiger partial charge in [0.2, 0.25) is 0 Å². The standard InChI is InChI=1S/C7H10.C5H7N/c1-4-5-6-7(2)3;1-3-5-6-4-2/h4-6H,1-2H2,3H3;3-5H,1-2H2/b6-5-;. The highest BCUT2D eigenvalue weighted by Crippen LogP contribution is 1.86. The molecule has 0 saturated heterocycles. The van der Waals surface area contributed by atoms with Crippen molar-refractivity contribution in [2.24, 2.45) is 4.99 Å². The Balaban J connectivity index is 0. The quantitative estimate of drug-likeness (QED) is 0.456. The van der Waals surface area contributed by atoms with E-state index in [1.807, 2.05) is 19.1 Å². The maximum atomic E-state index is 3.66. The van der Waals surface area contributed by atoms with E-state index < -0.39 is 0 Å².